The van der Waals surface area contributed by atoms with Gasteiger partial charge in [0.15, 0.2) is 0 Å². The molecule has 239 valence electrons. The first-order chi connectivity index (χ1) is 19.7. The summed E-state index contributed by atoms with van der Waals surface area (Å²) in [5.41, 5.74) is -0.571. The number of rotatable bonds is 12. The molecule has 0 atom stereocenters. The van der Waals surface area contributed by atoms with Crippen LogP contribution in [0.4, 0.5) is 0 Å². The van der Waals surface area contributed by atoms with E-state index in [-0.39, 0.29) is 54.0 Å². The summed E-state index contributed by atoms with van der Waals surface area (Å²) in [5.74, 6) is -3.54. The molecule has 15 nitrogen and oxygen atoms in total. The van der Waals surface area contributed by atoms with E-state index >= 15 is 0 Å². The van der Waals surface area contributed by atoms with Crippen molar-refractivity contribution in [1.82, 2.24) is 0 Å². The maximum Gasteiger partial charge on any atom is 3.00 e. The third kappa shape index (κ3) is 47.0. The van der Waals surface area contributed by atoms with Crippen LogP contribution in [0.1, 0.15) is 20.8 Å². The Labute approximate surface area is 261 Å². The molecule has 0 saturated heterocycles. The van der Waals surface area contributed by atoms with Crippen molar-refractivity contribution in [2.75, 3.05) is 19.8 Å². The summed E-state index contributed by atoms with van der Waals surface area (Å²) >= 11 is 0. The number of carbonyl (C=O) groups is 6. The van der Waals surface area contributed by atoms with Crippen LogP contribution in [0.5, 0.6) is 0 Å². The van der Waals surface area contributed by atoms with Crippen molar-refractivity contribution in [3.05, 3.63) is 74.8 Å². The fourth-order valence-electron chi connectivity index (χ4n) is 1.36. The molecule has 0 aliphatic rings. The van der Waals surface area contributed by atoms with Gasteiger partial charge in [0.2, 0.25) is 0 Å². The normalized spacial score (nSPS) is 9.14. The molecule has 0 amide bonds. The Balaban J connectivity index is -0.0000000819. The van der Waals surface area contributed by atoms with Crippen molar-refractivity contribution in [3.8, 4) is 0 Å². The van der Waals surface area contributed by atoms with Crippen LogP contribution < -0.4 is 15.3 Å². The summed E-state index contributed by atoms with van der Waals surface area (Å²) < 4.78 is 13.7. The van der Waals surface area contributed by atoms with Crippen LogP contribution in [-0.4, -0.2) is 75.8 Å². The molecule has 0 bridgehead atoms. The zero-order chi connectivity index (χ0) is 34.7. The largest absolute Gasteiger partial charge is 3.00 e. The van der Waals surface area contributed by atoms with Gasteiger partial charge in [-0.25, -0.2) is 14.4 Å². The van der Waals surface area contributed by atoms with E-state index in [9.17, 15) is 29.7 Å². The van der Waals surface area contributed by atoms with Gasteiger partial charge in [0.25, 0.3) is 0 Å². The third-order valence-corrected chi connectivity index (χ3v) is 2.58. The average Bonchev–Trinajstić information content (AvgIpc) is 2.96. The quantitative estimate of drug-likeness (QED) is 0.0493. The molecular weight excluding hydrogens is 614 g/mol. The maximum atomic E-state index is 10.8. The van der Waals surface area contributed by atoms with E-state index in [0.717, 1.165) is 0 Å². The molecule has 0 heterocycles. The smallest absolute Gasteiger partial charge is 0.862 e. The Hall–Kier alpha value is -5.21. The van der Waals surface area contributed by atoms with E-state index in [0.29, 0.717) is 0 Å². The summed E-state index contributed by atoms with van der Waals surface area (Å²) in [6.45, 7) is 29.7. The Kier molecular flexibility index (Phi) is 51.8. The van der Waals surface area contributed by atoms with Gasteiger partial charge in [-0.05, 0) is 38.5 Å². The minimum absolute atomic E-state index is 0. The van der Waals surface area contributed by atoms with Crippen molar-refractivity contribution in [3.63, 3.8) is 0 Å². The van der Waals surface area contributed by atoms with E-state index in [4.69, 9.17) is 14.4 Å². The van der Waals surface area contributed by atoms with E-state index in [1.165, 1.54) is 39.0 Å². The van der Waals surface area contributed by atoms with Crippen LogP contribution in [0.25, 0.3) is 0 Å². The fraction of sp³-hybridized carbons (Fsp3) is 0.222. The third-order valence-electron chi connectivity index (χ3n) is 2.58. The molecule has 0 N–H and O–H groups in total. The zero-order valence-electron chi connectivity index (χ0n) is 24.3. The van der Waals surface area contributed by atoms with E-state index in [1.807, 2.05) is 20.4 Å². The second-order valence-corrected chi connectivity index (χ2v) is 5.89. The molecule has 1 radical (unpaired) electrons. The van der Waals surface area contributed by atoms with E-state index in [2.05, 4.69) is 68.7 Å². The molecule has 0 spiro atoms. The van der Waals surface area contributed by atoms with Crippen molar-refractivity contribution in [1.29, 1.82) is 0 Å². The number of esters is 3. The van der Waals surface area contributed by atoms with Gasteiger partial charge < -0.3 is 43.9 Å². The number of carbonyl (C=O) groups excluding carboxylic acids is 6. The molecule has 0 aromatic heterocycles. The number of nitrogens with zero attached hydrogens (tertiary/aromatic N) is 3. The summed E-state index contributed by atoms with van der Waals surface area (Å²) in [7, 11) is 0. The van der Waals surface area contributed by atoms with Crippen LogP contribution in [0.2, 0.25) is 0 Å². The second-order valence-electron chi connectivity index (χ2n) is 5.89. The van der Waals surface area contributed by atoms with Crippen LogP contribution in [0, 0.1) is 0 Å². The molecule has 0 aromatic rings. The van der Waals surface area contributed by atoms with Gasteiger partial charge in [-0.1, -0.05) is 57.7 Å². The summed E-state index contributed by atoms with van der Waals surface area (Å²) in [4.78, 5) is 66.3. The summed E-state index contributed by atoms with van der Waals surface area (Å²) in [6, 6.07) is 0. The maximum absolute atomic E-state index is 10.8. The van der Waals surface area contributed by atoms with E-state index < -0.39 is 35.6 Å². The van der Waals surface area contributed by atoms with Crippen molar-refractivity contribution in [2.45, 2.75) is 20.8 Å². The van der Waals surface area contributed by atoms with Crippen LogP contribution >= 0.6 is 0 Å². The number of ether oxygens (including phenoxy) is 3. The molecule has 0 unspecified atom stereocenters. The Morgan fingerprint density at radius 2 is 0.698 bits per heavy atom. The first-order valence-electron chi connectivity index (χ1n) is 10.7. The molecule has 0 saturated carbocycles. The molecule has 0 aliphatic heterocycles. The average molecular weight is 650 g/mol. The number of hydrogen-bond acceptors (Lipinski definition) is 15. The molecule has 0 aliphatic carbocycles. The van der Waals surface area contributed by atoms with Gasteiger partial charge >= 0.3 is 35.0 Å². The monoisotopic (exact) mass is 650 g/mol. The molecule has 43 heavy (non-hydrogen) atoms. The van der Waals surface area contributed by atoms with Crippen LogP contribution in [0.3, 0.4) is 0 Å². The predicted octanol–water partition coefficient (Wildman–Crippen LogP) is -0.533. The standard InChI is InChI=1S/3C8H11NO3.3CH2O.Fe/c3*1-4-5-12-8(11)6(2)9-7(3)10;3*1-2;/h3*4H,1-2,5H2,3H3,(H,9,10);3*1H2;/q;;;;;;+3/p-3. The van der Waals surface area contributed by atoms with Crippen LogP contribution in [0.15, 0.2) is 89.8 Å². The topological polar surface area (TPSA) is 236 Å². The fourth-order valence-corrected chi connectivity index (χ4v) is 1.36. The van der Waals surface area contributed by atoms with Crippen molar-refractivity contribution >= 4 is 56.0 Å². The van der Waals surface area contributed by atoms with E-state index in [1.54, 1.807) is 0 Å². The van der Waals surface area contributed by atoms with Crippen molar-refractivity contribution < 1.29 is 75.4 Å². The van der Waals surface area contributed by atoms with Gasteiger partial charge in [-0.3, -0.25) is 15.0 Å². The molecule has 0 rings (SSSR count). The minimum Gasteiger partial charge on any atom is -0.862 e. The van der Waals surface area contributed by atoms with Gasteiger partial charge in [0.1, 0.15) is 57.3 Å². The SMILES string of the molecule is C=CCOC(=O)C(=C)N=C(C)[O-].C=CCOC(=O)C(=C)N=C(C)[O-].C=CCOC(=O)C(=C)N=C(C)[O-].C=O.C=O.C=O.[Fe+3]. The first kappa shape index (κ1) is 54.0. The Bertz CT molecular complexity index is 854. The molecule has 16 heteroatoms. The van der Waals surface area contributed by atoms with Crippen LogP contribution in [-0.2, 0) is 60.0 Å². The Morgan fingerprint density at radius 1 is 0.535 bits per heavy atom. The predicted molar refractivity (Wildman–Crippen MR) is 152 cm³/mol. The molecular formula is C27H36FeN3O12. The zero-order valence-corrected chi connectivity index (χ0v) is 25.4. The summed E-state index contributed by atoms with van der Waals surface area (Å²) in [6.07, 6.45) is 4.25. The van der Waals surface area contributed by atoms with Gasteiger partial charge in [0.05, 0.1) is 0 Å². The minimum atomic E-state index is -0.704. The molecule has 0 aromatic carbocycles. The molecule has 0 fully saturated rings. The first-order valence-corrected chi connectivity index (χ1v) is 10.7. The number of hydrogen-bond donors (Lipinski definition) is 0. The second kappa shape index (κ2) is 41.3. The van der Waals surface area contributed by atoms with Gasteiger partial charge in [-0.15, -0.1) is 0 Å². The van der Waals surface area contributed by atoms with Gasteiger partial charge in [-0.2, -0.15) is 0 Å². The van der Waals surface area contributed by atoms with Crippen molar-refractivity contribution in [2.24, 2.45) is 15.0 Å². The Morgan fingerprint density at radius 3 is 0.814 bits per heavy atom. The number of aliphatic imine (C=N–C) groups is 3. The summed E-state index contributed by atoms with van der Waals surface area (Å²) in [5, 5.41) is 31.1. The van der Waals surface area contributed by atoms with Gasteiger partial charge in [0, 0.05) is 0 Å².